The van der Waals surface area contributed by atoms with E-state index in [0.29, 0.717) is 10.0 Å². The Hall–Kier alpha value is -1.76. The maximum absolute atomic E-state index is 13.6. The van der Waals surface area contributed by atoms with Gasteiger partial charge < -0.3 is 10.2 Å². The fourth-order valence-electron chi connectivity index (χ4n) is 3.13. The first-order valence-corrected chi connectivity index (χ1v) is 9.53. The minimum atomic E-state index is -0.431. The molecule has 1 atom stereocenters. The van der Waals surface area contributed by atoms with Crippen LogP contribution in [-0.2, 0) is 0 Å². The highest BCUT2D eigenvalue weighted by atomic mass is 79.9. The largest absolute Gasteiger partial charge is 0.344 e. The van der Waals surface area contributed by atoms with Gasteiger partial charge in [-0.25, -0.2) is 4.39 Å². The summed E-state index contributed by atoms with van der Waals surface area (Å²) in [6, 6.07) is 14.0. The van der Waals surface area contributed by atoms with Crippen LogP contribution in [-0.4, -0.2) is 55.5 Å². The number of hydrogen-bond donors (Lipinski definition) is 1. The van der Waals surface area contributed by atoms with Gasteiger partial charge in [0.05, 0.1) is 6.04 Å². The van der Waals surface area contributed by atoms with Gasteiger partial charge >= 0.3 is 0 Å². The van der Waals surface area contributed by atoms with E-state index in [1.165, 1.54) is 12.1 Å². The predicted octanol–water partition coefficient (Wildman–Crippen LogP) is 3.31. The zero-order valence-electron chi connectivity index (χ0n) is 14.8. The van der Waals surface area contributed by atoms with Crippen molar-refractivity contribution in [3.05, 3.63) is 69.9 Å². The summed E-state index contributed by atoms with van der Waals surface area (Å²) in [6.45, 7) is 4.72. The van der Waals surface area contributed by atoms with E-state index >= 15 is 0 Å². The lowest BCUT2D eigenvalue weighted by Crippen LogP contribution is -2.47. The summed E-state index contributed by atoms with van der Waals surface area (Å²) in [5, 5.41) is 3.08. The van der Waals surface area contributed by atoms with E-state index < -0.39 is 5.82 Å². The highest BCUT2D eigenvalue weighted by Gasteiger charge is 2.22. The van der Waals surface area contributed by atoms with Gasteiger partial charge in [-0.05, 0) is 30.8 Å². The Labute approximate surface area is 162 Å². The molecule has 1 fully saturated rings. The SMILES string of the molecule is CN1CCN(CC(NC(=O)c2cc(F)cc(Br)c2)c2ccccc2)CC1. The lowest BCUT2D eigenvalue weighted by atomic mass is 10.0. The molecule has 0 bridgehead atoms. The van der Waals surface area contributed by atoms with Crippen molar-refractivity contribution in [1.82, 2.24) is 15.1 Å². The van der Waals surface area contributed by atoms with Gasteiger partial charge in [-0.15, -0.1) is 0 Å². The summed E-state index contributed by atoms with van der Waals surface area (Å²) in [5.74, 6) is -0.701. The quantitative estimate of drug-likeness (QED) is 0.807. The second-order valence-electron chi connectivity index (χ2n) is 6.70. The molecule has 1 aliphatic heterocycles. The van der Waals surface area contributed by atoms with Crippen LogP contribution in [0.25, 0.3) is 0 Å². The number of likely N-dealkylation sites (N-methyl/N-ethyl adjacent to an activating group) is 1. The number of piperazine rings is 1. The molecule has 2 aromatic rings. The van der Waals surface area contributed by atoms with Crippen LogP contribution in [0.3, 0.4) is 0 Å². The van der Waals surface area contributed by atoms with Crippen LogP contribution >= 0.6 is 15.9 Å². The van der Waals surface area contributed by atoms with Gasteiger partial charge in [0.1, 0.15) is 5.82 Å². The molecule has 1 saturated heterocycles. The summed E-state index contributed by atoms with van der Waals surface area (Å²) in [4.78, 5) is 17.4. The molecule has 1 heterocycles. The highest BCUT2D eigenvalue weighted by Crippen LogP contribution is 2.19. The Morgan fingerprint density at radius 1 is 1.15 bits per heavy atom. The van der Waals surface area contributed by atoms with Gasteiger partial charge in [-0.2, -0.15) is 0 Å². The first kappa shape index (κ1) is 19.0. The third-order valence-corrected chi connectivity index (χ3v) is 5.13. The molecule has 1 amide bonds. The molecule has 3 rings (SSSR count). The van der Waals surface area contributed by atoms with Crippen LogP contribution in [0.2, 0.25) is 0 Å². The van der Waals surface area contributed by atoms with Crippen LogP contribution in [0.15, 0.2) is 53.0 Å². The molecule has 1 aliphatic rings. The van der Waals surface area contributed by atoms with Crippen molar-refractivity contribution in [2.24, 2.45) is 0 Å². The topological polar surface area (TPSA) is 35.6 Å². The Morgan fingerprint density at radius 3 is 2.50 bits per heavy atom. The monoisotopic (exact) mass is 419 g/mol. The Morgan fingerprint density at radius 2 is 1.85 bits per heavy atom. The van der Waals surface area contributed by atoms with E-state index in [4.69, 9.17) is 0 Å². The maximum Gasteiger partial charge on any atom is 0.251 e. The number of rotatable bonds is 5. The number of benzene rings is 2. The van der Waals surface area contributed by atoms with E-state index in [9.17, 15) is 9.18 Å². The van der Waals surface area contributed by atoms with Crippen molar-refractivity contribution in [2.75, 3.05) is 39.8 Å². The molecule has 0 aliphatic carbocycles. The summed E-state index contributed by atoms with van der Waals surface area (Å²) in [6.07, 6.45) is 0. The molecular formula is C20H23BrFN3O. The molecule has 0 spiro atoms. The lowest BCUT2D eigenvalue weighted by molar-refractivity contribution is 0.0906. The molecule has 138 valence electrons. The number of nitrogens with zero attached hydrogens (tertiary/aromatic N) is 2. The fraction of sp³-hybridized carbons (Fsp3) is 0.350. The second-order valence-corrected chi connectivity index (χ2v) is 7.61. The normalized spacial score (nSPS) is 17.0. The molecule has 0 saturated carbocycles. The van der Waals surface area contributed by atoms with Gasteiger partial charge in [0.15, 0.2) is 0 Å². The Bertz CT molecular complexity index is 728. The van der Waals surface area contributed by atoms with E-state index in [1.807, 2.05) is 30.3 Å². The summed E-state index contributed by atoms with van der Waals surface area (Å²) >= 11 is 3.24. The van der Waals surface area contributed by atoms with Crippen LogP contribution in [0, 0.1) is 5.82 Å². The van der Waals surface area contributed by atoms with Gasteiger partial charge in [-0.3, -0.25) is 9.69 Å². The number of halogens is 2. The van der Waals surface area contributed by atoms with Gasteiger partial charge in [0.2, 0.25) is 0 Å². The van der Waals surface area contributed by atoms with Crippen LogP contribution < -0.4 is 5.32 Å². The van der Waals surface area contributed by atoms with Crippen LogP contribution in [0.4, 0.5) is 4.39 Å². The van der Waals surface area contributed by atoms with Crippen molar-refractivity contribution in [3.63, 3.8) is 0 Å². The molecule has 2 aromatic carbocycles. The number of carbonyl (C=O) groups is 1. The third-order valence-electron chi connectivity index (χ3n) is 4.67. The molecule has 6 heteroatoms. The fourth-order valence-corrected chi connectivity index (χ4v) is 3.60. The molecule has 1 N–H and O–H groups in total. The van der Waals surface area contributed by atoms with Gasteiger partial charge in [0.25, 0.3) is 5.91 Å². The lowest BCUT2D eigenvalue weighted by Gasteiger charge is -2.35. The average Bonchev–Trinajstić information content (AvgIpc) is 2.63. The number of carbonyl (C=O) groups excluding carboxylic acids is 1. The molecule has 0 aromatic heterocycles. The smallest absolute Gasteiger partial charge is 0.251 e. The van der Waals surface area contributed by atoms with Crippen molar-refractivity contribution >= 4 is 21.8 Å². The van der Waals surface area contributed by atoms with Crippen LogP contribution in [0.5, 0.6) is 0 Å². The van der Waals surface area contributed by atoms with E-state index in [1.54, 1.807) is 6.07 Å². The first-order chi connectivity index (χ1) is 12.5. The molecule has 4 nitrogen and oxygen atoms in total. The standard InChI is InChI=1S/C20H23BrFN3O/c1-24-7-9-25(10-8-24)14-19(15-5-3-2-4-6-15)23-20(26)16-11-17(21)13-18(22)12-16/h2-6,11-13,19H,7-10,14H2,1H3,(H,23,26). The van der Waals surface area contributed by atoms with Gasteiger partial charge in [0, 0.05) is 42.8 Å². The van der Waals surface area contributed by atoms with E-state index in [2.05, 4.69) is 38.1 Å². The third kappa shape index (κ3) is 5.13. The summed E-state index contributed by atoms with van der Waals surface area (Å²) in [7, 11) is 2.12. The Balaban J connectivity index is 1.76. The Kier molecular flexibility index (Phi) is 6.40. The minimum absolute atomic E-state index is 0.144. The molecule has 26 heavy (non-hydrogen) atoms. The number of amides is 1. The van der Waals surface area contributed by atoms with Gasteiger partial charge in [-0.1, -0.05) is 46.3 Å². The molecular weight excluding hydrogens is 397 g/mol. The molecule has 1 unspecified atom stereocenters. The minimum Gasteiger partial charge on any atom is -0.344 e. The predicted molar refractivity (Wildman–Crippen MR) is 105 cm³/mol. The van der Waals surface area contributed by atoms with E-state index in [-0.39, 0.29) is 11.9 Å². The molecule has 0 radical (unpaired) electrons. The van der Waals surface area contributed by atoms with Crippen molar-refractivity contribution < 1.29 is 9.18 Å². The second kappa shape index (κ2) is 8.75. The zero-order valence-corrected chi connectivity index (χ0v) is 16.4. The van der Waals surface area contributed by atoms with Crippen LogP contribution in [0.1, 0.15) is 22.0 Å². The van der Waals surface area contributed by atoms with E-state index in [0.717, 1.165) is 38.3 Å². The number of hydrogen-bond acceptors (Lipinski definition) is 3. The first-order valence-electron chi connectivity index (χ1n) is 8.74. The highest BCUT2D eigenvalue weighted by molar-refractivity contribution is 9.10. The average molecular weight is 420 g/mol. The van der Waals surface area contributed by atoms with Crippen molar-refractivity contribution in [3.8, 4) is 0 Å². The summed E-state index contributed by atoms with van der Waals surface area (Å²) < 4.78 is 14.2. The summed E-state index contributed by atoms with van der Waals surface area (Å²) in [5.41, 5.74) is 1.37. The van der Waals surface area contributed by atoms with Crippen molar-refractivity contribution in [2.45, 2.75) is 6.04 Å². The number of nitrogens with one attached hydrogen (secondary N) is 1. The zero-order chi connectivity index (χ0) is 18.5. The maximum atomic E-state index is 13.6. The van der Waals surface area contributed by atoms with Crippen molar-refractivity contribution in [1.29, 1.82) is 0 Å².